The molecule has 7 nitrogen and oxygen atoms in total. The number of aromatic nitrogens is 4. The van der Waals surface area contributed by atoms with Gasteiger partial charge in [0.05, 0.1) is 5.92 Å². The number of nitrogens with zero attached hydrogens (tertiary/aromatic N) is 5. The maximum Gasteiger partial charge on any atom is 0.229 e. The van der Waals surface area contributed by atoms with E-state index in [0.717, 1.165) is 36.5 Å². The normalized spacial score (nSPS) is 16.8. The summed E-state index contributed by atoms with van der Waals surface area (Å²) in [5, 5.41) is 15.9. The van der Waals surface area contributed by atoms with Crippen LogP contribution in [0, 0.1) is 19.8 Å². The van der Waals surface area contributed by atoms with Crippen molar-refractivity contribution in [2.45, 2.75) is 26.7 Å². The number of nitrogens with one attached hydrogen (secondary N) is 1. The smallest absolute Gasteiger partial charge is 0.229 e. The van der Waals surface area contributed by atoms with Crippen molar-refractivity contribution in [3.63, 3.8) is 0 Å². The Labute approximate surface area is 164 Å². The molecule has 2 aromatic heterocycles. The lowest BCUT2D eigenvalue weighted by molar-refractivity contribution is -0.120. The molecule has 4 rings (SSSR count). The van der Waals surface area contributed by atoms with E-state index in [9.17, 15) is 4.79 Å². The van der Waals surface area contributed by atoms with Gasteiger partial charge >= 0.3 is 0 Å². The van der Waals surface area contributed by atoms with Crippen LogP contribution in [0.1, 0.15) is 24.0 Å². The van der Waals surface area contributed by atoms with Gasteiger partial charge in [-0.2, -0.15) is 5.10 Å². The van der Waals surface area contributed by atoms with E-state index in [0.29, 0.717) is 12.4 Å². The molecule has 1 aliphatic rings. The maximum absolute atomic E-state index is 12.8. The molecule has 28 heavy (non-hydrogen) atoms. The molecule has 1 aliphatic heterocycles. The molecule has 1 atom stereocenters. The zero-order chi connectivity index (χ0) is 19.5. The Morgan fingerprint density at radius 2 is 1.96 bits per heavy atom. The lowest BCUT2D eigenvalue weighted by Crippen LogP contribution is -2.41. The molecular formula is C21H24N6O. The molecular weight excluding hydrogens is 352 g/mol. The minimum atomic E-state index is -0.0676. The van der Waals surface area contributed by atoms with E-state index in [1.165, 1.54) is 5.56 Å². The molecule has 1 fully saturated rings. The molecule has 0 bridgehead atoms. The largest absolute Gasteiger partial charge is 0.354 e. The van der Waals surface area contributed by atoms with Gasteiger partial charge < -0.3 is 10.2 Å². The van der Waals surface area contributed by atoms with Crippen molar-refractivity contribution in [2.75, 3.05) is 23.3 Å². The van der Waals surface area contributed by atoms with Crippen molar-refractivity contribution in [3.05, 3.63) is 59.9 Å². The van der Waals surface area contributed by atoms with Crippen molar-refractivity contribution in [3.8, 4) is 5.82 Å². The van der Waals surface area contributed by atoms with Gasteiger partial charge in [-0.25, -0.2) is 4.68 Å². The van der Waals surface area contributed by atoms with Gasteiger partial charge in [0.2, 0.25) is 5.91 Å². The number of hydrogen-bond acceptors (Lipinski definition) is 5. The second-order valence-corrected chi connectivity index (χ2v) is 7.29. The highest BCUT2D eigenvalue weighted by Crippen LogP contribution is 2.24. The molecule has 3 heterocycles. The molecule has 3 aromatic rings. The third-order valence-corrected chi connectivity index (χ3v) is 5.13. The Morgan fingerprint density at radius 3 is 2.68 bits per heavy atom. The van der Waals surface area contributed by atoms with Crippen LogP contribution in [0.5, 0.6) is 0 Å². The fourth-order valence-electron chi connectivity index (χ4n) is 3.60. The van der Waals surface area contributed by atoms with E-state index < -0.39 is 0 Å². The summed E-state index contributed by atoms with van der Waals surface area (Å²) in [7, 11) is 0. The van der Waals surface area contributed by atoms with Crippen LogP contribution < -0.4 is 10.2 Å². The van der Waals surface area contributed by atoms with Crippen molar-refractivity contribution in [2.24, 2.45) is 5.92 Å². The molecule has 1 N–H and O–H groups in total. The summed E-state index contributed by atoms with van der Waals surface area (Å²) >= 11 is 0. The van der Waals surface area contributed by atoms with E-state index >= 15 is 0 Å². The second-order valence-electron chi connectivity index (χ2n) is 7.29. The lowest BCUT2D eigenvalue weighted by atomic mass is 9.96. The predicted molar refractivity (Wildman–Crippen MR) is 109 cm³/mol. The molecule has 7 heteroatoms. The number of aryl methyl sites for hydroxylation is 2. The van der Waals surface area contributed by atoms with E-state index in [1.807, 2.05) is 43.5 Å². The monoisotopic (exact) mass is 376 g/mol. The summed E-state index contributed by atoms with van der Waals surface area (Å²) in [6.45, 7) is 5.60. The number of anilines is 2. The van der Waals surface area contributed by atoms with Gasteiger partial charge in [-0.05, 0) is 56.5 Å². The molecule has 0 aliphatic carbocycles. The molecule has 0 saturated carbocycles. The molecule has 1 saturated heterocycles. The summed E-state index contributed by atoms with van der Waals surface area (Å²) in [5.74, 6) is 1.47. The lowest BCUT2D eigenvalue weighted by Gasteiger charge is -2.32. The third-order valence-electron chi connectivity index (χ3n) is 5.13. The number of carbonyl (C=O) groups excluding carboxylic acids is 1. The minimum Gasteiger partial charge on any atom is -0.354 e. The fraction of sp³-hybridized carbons (Fsp3) is 0.333. The fourth-order valence-corrected chi connectivity index (χ4v) is 3.60. The standard InChI is InChI=1S/C21H24N6O/c1-15-6-7-18(16(2)13-15)23-21(28)17-5-3-11-26(14-17)19-8-9-20(25-24-19)27-12-4-10-22-27/h4,6-10,12-13,17H,3,5,11,14H2,1-2H3,(H,23,28)/t17-/m0/s1. The van der Waals surface area contributed by atoms with E-state index in [2.05, 4.69) is 38.5 Å². The van der Waals surface area contributed by atoms with Crippen molar-refractivity contribution in [1.82, 2.24) is 20.0 Å². The number of piperidine rings is 1. The van der Waals surface area contributed by atoms with Crippen LogP contribution in [0.15, 0.2) is 48.8 Å². The molecule has 1 amide bonds. The summed E-state index contributed by atoms with van der Waals surface area (Å²) < 4.78 is 1.67. The zero-order valence-corrected chi connectivity index (χ0v) is 16.2. The highest BCUT2D eigenvalue weighted by Gasteiger charge is 2.27. The van der Waals surface area contributed by atoms with Crippen LogP contribution in [0.25, 0.3) is 5.82 Å². The van der Waals surface area contributed by atoms with Gasteiger partial charge in [0.25, 0.3) is 0 Å². The Kier molecular flexibility index (Phi) is 5.06. The molecule has 0 unspecified atom stereocenters. The van der Waals surface area contributed by atoms with Gasteiger partial charge in [-0.1, -0.05) is 17.7 Å². The van der Waals surface area contributed by atoms with Crippen molar-refractivity contribution in [1.29, 1.82) is 0 Å². The SMILES string of the molecule is Cc1ccc(NC(=O)[C@H]2CCCN(c3ccc(-n4cccn4)nn3)C2)c(C)c1. The first-order valence-corrected chi connectivity index (χ1v) is 9.57. The summed E-state index contributed by atoms with van der Waals surface area (Å²) in [6.07, 6.45) is 5.37. The molecule has 0 radical (unpaired) electrons. The van der Waals surface area contributed by atoms with Crippen molar-refractivity contribution >= 4 is 17.4 Å². The van der Waals surface area contributed by atoms with Crippen LogP contribution in [0.2, 0.25) is 0 Å². The first kappa shape index (κ1) is 18.2. The number of hydrogen-bond donors (Lipinski definition) is 1. The first-order chi connectivity index (χ1) is 13.6. The van der Waals surface area contributed by atoms with Crippen LogP contribution >= 0.6 is 0 Å². The van der Waals surface area contributed by atoms with Gasteiger partial charge in [-0.15, -0.1) is 10.2 Å². The quantitative estimate of drug-likeness (QED) is 0.757. The number of benzene rings is 1. The molecule has 1 aromatic carbocycles. The van der Waals surface area contributed by atoms with Crippen LogP contribution in [0.3, 0.4) is 0 Å². The number of carbonyl (C=O) groups is 1. The van der Waals surface area contributed by atoms with E-state index in [1.54, 1.807) is 10.9 Å². The summed E-state index contributed by atoms with van der Waals surface area (Å²) in [5.41, 5.74) is 3.16. The Morgan fingerprint density at radius 1 is 1.14 bits per heavy atom. The molecule has 0 spiro atoms. The van der Waals surface area contributed by atoms with E-state index in [4.69, 9.17) is 0 Å². The van der Waals surface area contributed by atoms with Crippen molar-refractivity contribution < 1.29 is 4.79 Å². The Bertz CT molecular complexity index is 952. The van der Waals surface area contributed by atoms with Gasteiger partial charge in [0.15, 0.2) is 11.6 Å². The predicted octanol–water partition coefficient (Wildman–Crippen LogP) is 3.13. The summed E-state index contributed by atoms with van der Waals surface area (Å²) in [6, 6.07) is 11.8. The van der Waals surface area contributed by atoms with Gasteiger partial charge in [-0.3, -0.25) is 4.79 Å². The van der Waals surface area contributed by atoms with Crippen LogP contribution in [0.4, 0.5) is 11.5 Å². The average molecular weight is 376 g/mol. The highest BCUT2D eigenvalue weighted by molar-refractivity contribution is 5.93. The summed E-state index contributed by atoms with van der Waals surface area (Å²) in [4.78, 5) is 14.9. The Hall–Kier alpha value is -3.22. The van der Waals surface area contributed by atoms with E-state index in [-0.39, 0.29) is 11.8 Å². The average Bonchev–Trinajstić information content (AvgIpc) is 3.25. The number of rotatable bonds is 4. The first-order valence-electron chi connectivity index (χ1n) is 9.57. The molecule has 144 valence electrons. The Balaban J connectivity index is 1.43. The van der Waals surface area contributed by atoms with Crippen LogP contribution in [-0.2, 0) is 4.79 Å². The number of amides is 1. The maximum atomic E-state index is 12.8. The third kappa shape index (κ3) is 3.88. The zero-order valence-electron chi connectivity index (χ0n) is 16.2. The topological polar surface area (TPSA) is 75.9 Å². The second kappa shape index (κ2) is 7.80. The van der Waals surface area contributed by atoms with Gasteiger partial charge in [0, 0.05) is 31.2 Å². The minimum absolute atomic E-state index is 0.0674. The highest BCUT2D eigenvalue weighted by atomic mass is 16.1. The van der Waals surface area contributed by atoms with Gasteiger partial charge in [0.1, 0.15) is 0 Å². The van der Waals surface area contributed by atoms with Crippen LogP contribution in [-0.4, -0.2) is 39.0 Å².